The smallest absolute Gasteiger partial charge is 0.101 e. The third-order valence-electron chi connectivity index (χ3n) is 3.18. The molecule has 0 spiro atoms. The number of nitrogens with two attached hydrogens (primary N) is 1. The standard InChI is InChI=1S/C14H21N3S/c1-4-11-9-12(5-2)17(16-11)14(10(3)15)13-7-6-8-18-13/h6-10,14H,4-5,15H2,1-3H3. The fourth-order valence-corrected chi connectivity index (χ4v) is 3.15. The Morgan fingerprint density at radius 3 is 2.67 bits per heavy atom. The van der Waals surface area contributed by atoms with Crippen molar-refractivity contribution in [2.75, 3.05) is 0 Å². The third-order valence-corrected chi connectivity index (χ3v) is 4.13. The third kappa shape index (κ3) is 2.49. The van der Waals surface area contributed by atoms with Crippen LogP contribution < -0.4 is 5.73 Å². The number of rotatable bonds is 5. The van der Waals surface area contributed by atoms with E-state index in [0.29, 0.717) is 0 Å². The summed E-state index contributed by atoms with van der Waals surface area (Å²) in [6.45, 7) is 6.36. The zero-order valence-electron chi connectivity index (χ0n) is 11.3. The van der Waals surface area contributed by atoms with Gasteiger partial charge in [-0.3, -0.25) is 4.68 Å². The number of hydrogen-bond acceptors (Lipinski definition) is 3. The van der Waals surface area contributed by atoms with Crippen LogP contribution in [0.2, 0.25) is 0 Å². The summed E-state index contributed by atoms with van der Waals surface area (Å²) in [5.41, 5.74) is 8.59. The van der Waals surface area contributed by atoms with Crippen molar-refractivity contribution in [2.45, 2.75) is 45.7 Å². The minimum atomic E-state index is 0.0542. The summed E-state index contributed by atoms with van der Waals surface area (Å²) in [6.07, 6.45) is 1.96. The predicted molar refractivity (Wildman–Crippen MR) is 77.1 cm³/mol. The summed E-state index contributed by atoms with van der Waals surface area (Å²) in [4.78, 5) is 1.28. The first kappa shape index (κ1) is 13.3. The van der Waals surface area contributed by atoms with Gasteiger partial charge in [-0.05, 0) is 37.3 Å². The molecule has 0 amide bonds. The van der Waals surface area contributed by atoms with E-state index in [9.17, 15) is 0 Å². The fourth-order valence-electron chi connectivity index (χ4n) is 2.23. The lowest BCUT2D eigenvalue weighted by molar-refractivity contribution is 0.444. The largest absolute Gasteiger partial charge is 0.326 e. The molecule has 0 saturated heterocycles. The van der Waals surface area contributed by atoms with Gasteiger partial charge in [-0.15, -0.1) is 11.3 Å². The van der Waals surface area contributed by atoms with E-state index in [0.717, 1.165) is 18.5 Å². The van der Waals surface area contributed by atoms with Crippen LogP contribution in [0.3, 0.4) is 0 Å². The quantitative estimate of drug-likeness (QED) is 0.901. The Kier molecular flexibility index (Phi) is 4.19. The number of aryl methyl sites for hydroxylation is 2. The van der Waals surface area contributed by atoms with Gasteiger partial charge in [0, 0.05) is 16.6 Å². The van der Waals surface area contributed by atoms with Crippen LogP contribution in [-0.4, -0.2) is 15.8 Å². The molecule has 3 nitrogen and oxygen atoms in total. The Morgan fingerprint density at radius 1 is 1.39 bits per heavy atom. The van der Waals surface area contributed by atoms with Crippen molar-refractivity contribution >= 4 is 11.3 Å². The van der Waals surface area contributed by atoms with Gasteiger partial charge >= 0.3 is 0 Å². The number of thiophene rings is 1. The van der Waals surface area contributed by atoms with Crippen LogP contribution in [0.5, 0.6) is 0 Å². The van der Waals surface area contributed by atoms with Crippen molar-refractivity contribution in [3.8, 4) is 0 Å². The van der Waals surface area contributed by atoms with Crippen molar-refractivity contribution in [3.63, 3.8) is 0 Å². The Balaban J connectivity index is 2.45. The van der Waals surface area contributed by atoms with Gasteiger partial charge in [-0.1, -0.05) is 19.9 Å². The van der Waals surface area contributed by atoms with Crippen LogP contribution in [0.1, 0.15) is 43.1 Å². The molecule has 0 radical (unpaired) electrons. The summed E-state index contributed by atoms with van der Waals surface area (Å²) >= 11 is 1.75. The lowest BCUT2D eigenvalue weighted by atomic mass is 10.1. The van der Waals surface area contributed by atoms with E-state index in [4.69, 9.17) is 10.8 Å². The summed E-state index contributed by atoms with van der Waals surface area (Å²) in [6, 6.07) is 6.62. The Bertz CT molecular complexity index is 485. The molecule has 98 valence electrons. The molecule has 0 aromatic carbocycles. The second kappa shape index (κ2) is 5.67. The van der Waals surface area contributed by atoms with E-state index >= 15 is 0 Å². The second-order valence-electron chi connectivity index (χ2n) is 4.60. The average molecular weight is 263 g/mol. The molecule has 2 heterocycles. The molecule has 0 aliphatic heterocycles. The highest BCUT2D eigenvalue weighted by Crippen LogP contribution is 2.27. The zero-order valence-corrected chi connectivity index (χ0v) is 12.1. The van der Waals surface area contributed by atoms with E-state index in [1.54, 1.807) is 11.3 Å². The van der Waals surface area contributed by atoms with E-state index in [-0.39, 0.29) is 12.1 Å². The molecule has 0 aliphatic carbocycles. The van der Waals surface area contributed by atoms with Crippen LogP contribution in [-0.2, 0) is 12.8 Å². The molecule has 2 rings (SSSR count). The van der Waals surface area contributed by atoms with Gasteiger partial charge in [0.15, 0.2) is 0 Å². The predicted octanol–water partition coefficient (Wildman–Crippen LogP) is 3.01. The first-order valence-electron chi connectivity index (χ1n) is 6.53. The number of hydrogen-bond donors (Lipinski definition) is 1. The highest BCUT2D eigenvalue weighted by Gasteiger charge is 2.22. The maximum atomic E-state index is 6.18. The Labute approximate surface area is 113 Å². The van der Waals surface area contributed by atoms with Crippen molar-refractivity contribution < 1.29 is 0 Å². The number of aromatic nitrogens is 2. The molecule has 18 heavy (non-hydrogen) atoms. The van der Waals surface area contributed by atoms with Crippen molar-refractivity contribution in [2.24, 2.45) is 5.73 Å². The topological polar surface area (TPSA) is 43.8 Å². The highest BCUT2D eigenvalue weighted by molar-refractivity contribution is 7.10. The molecule has 2 aromatic rings. The van der Waals surface area contributed by atoms with Crippen LogP contribution in [0.4, 0.5) is 0 Å². The molecule has 2 aromatic heterocycles. The van der Waals surface area contributed by atoms with Gasteiger partial charge in [0.05, 0.1) is 5.69 Å². The van der Waals surface area contributed by atoms with Gasteiger partial charge in [-0.25, -0.2) is 0 Å². The molecular formula is C14H21N3S. The molecule has 0 aliphatic rings. The minimum absolute atomic E-state index is 0.0542. The molecule has 0 saturated carbocycles. The summed E-state index contributed by atoms with van der Waals surface area (Å²) in [7, 11) is 0. The van der Waals surface area contributed by atoms with Crippen LogP contribution in [0.25, 0.3) is 0 Å². The van der Waals surface area contributed by atoms with E-state index in [2.05, 4.69) is 49.0 Å². The lowest BCUT2D eigenvalue weighted by Gasteiger charge is -2.22. The first-order valence-corrected chi connectivity index (χ1v) is 7.41. The molecule has 0 fully saturated rings. The molecule has 2 unspecified atom stereocenters. The van der Waals surface area contributed by atoms with Crippen molar-refractivity contribution in [1.29, 1.82) is 0 Å². The van der Waals surface area contributed by atoms with Crippen molar-refractivity contribution in [3.05, 3.63) is 39.8 Å². The van der Waals surface area contributed by atoms with Crippen LogP contribution >= 0.6 is 11.3 Å². The molecule has 0 bridgehead atoms. The molecular weight excluding hydrogens is 242 g/mol. The molecule has 4 heteroatoms. The van der Waals surface area contributed by atoms with Gasteiger partial charge < -0.3 is 5.73 Å². The monoisotopic (exact) mass is 263 g/mol. The maximum Gasteiger partial charge on any atom is 0.101 e. The zero-order chi connectivity index (χ0) is 13.1. The minimum Gasteiger partial charge on any atom is -0.326 e. The SMILES string of the molecule is CCc1cc(CC)n(C(c2cccs2)C(C)N)n1. The van der Waals surface area contributed by atoms with Gasteiger partial charge in [0.25, 0.3) is 0 Å². The average Bonchev–Trinajstić information content (AvgIpc) is 2.98. The summed E-state index contributed by atoms with van der Waals surface area (Å²) < 4.78 is 2.12. The van der Waals surface area contributed by atoms with E-state index in [1.165, 1.54) is 10.6 Å². The normalized spacial score (nSPS) is 14.7. The van der Waals surface area contributed by atoms with Crippen molar-refractivity contribution in [1.82, 2.24) is 9.78 Å². The first-order chi connectivity index (χ1) is 8.67. The Hall–Kier alpha value is -1.13. The van der Waals surface area contributed by atoms with Crippen LogP contribution in [0.15, 0.2) is 23.6 Å². The van der Waals surface area contributed by atoms with Gasteiger partial charge in [0.2, 0.25) is 0 Å². The molecule has 2 N–H and O–H groups in total. The van der Waals surface area contributed by atoms with E-state index < -0.39 is 0 Å². The van der Waals surface area contributed by atoms with E-state index in [1.807, 2.05) is 0 Å². The maximum absolute atomic E-state index is 6.18. The lowest BCUT2D eigenvalue weighted by Crippen LogP contribution is -2.31. The summed E-state index contributed by atoms with van der Waals surface area (Å²) in [5, 5.41) is 6.82. The second-order valence-corrected chi connectivity index (χ2v) is 5.58. The fraction of sp³-hybridized carbons (Fsp3) is 0.500. The van der Waals surface area contributed by atoms with Gasteiger partial charge in [-0.2, -0.15) is 5.10 Å². The highest BCUT2D eigenvalue weighted by atomic mass is 32.1. The number of nitrogens with zero attached hydrogens (tertiary/aromatic N) is 2. The summed E-state index contributed by atoms with van der Waals surface area (Å²) in [5.74, 6) is 0. The van der Waals surface area contributed by atoms with Crippen LogP contribution in [0, 0.1) is 0 Å². The molecule has 2 atom stereocenters. The van der Waals surface area contributed by atoms with Gasteiger partial charge in [0.1, 0.15) is 6.04 Å². The Morgan fingerprint density at radius 2 is 2.17 bits per heavy atom.